The summed E-state index contributed by atoms with van der Waals surface area (Å²) in [7, 11) is 0. The van der Waals surface area contributed by atoms with Crippen molar-refractivity contribution in [3.05, 3.63) is 47.9 Å². The Morgan fingerprint density at radius 3 is 2.79 bits per heavy atom. The van der Waals surface area contributed by atoms with Crippen molar-refractivity contribution in [1.82, 2.24) is 30.9 Å². The number of piperidine rings is 1. The number of allylic oxidation sites excluding steroid dienone is 1. The van der Waals surface area contributed by atoms with Gasteiger partial charge in [0.1, 0.15) is 0 Å². The highest BCUT2D eigenvalue weighted by Crippen LogP contribution is 2.46. The fraction of sp³-hybridized carbons (Fsp3) is 0.385. The second kappa shape index (κ2) is 10.1. The standard InChI is InChI=1S/C26H30N8O3S/c1-4-28-24(37)33-26(20-14-27-8-6-25(20,3)23(35)36)32-7-5-9-34(26)17-10-18(21-19(11-17)31-15-38-21)22-29-12-16(2)13-30-22/h5,7,9-13,15,20,27H,4,6,8,14H2,1-3H3,(H,35,36)(H2,28,33,37). The number of amides is 2. The Balaban J connectivity index is 1.71. The number of nitrogens with zero attached hydrogens (tertiary/aromatic N) is 5. The van der Waals surface area contributed by atoms with Crippen LogP contribution in [-0.4, -0.2) is 63.7 Å². The highest BCUT2D eigenvalue weighted by molar-refractivity contribution is 7.17. The normalized spacial score (nSPS) is 24.9. The van der Waals surface area contributed by atoms with Crippen LogP contribution in [0.15, 0.2) is 47.3 Å². The number of fused-ring (bicyclic) bond motifs is 1. The third-order valence-electron chi connectivity index (χ3n) is 7.22. The summed E-state index contributed by atoms with van der Waals surface area (Å²) in [5.74, 6) is -2.46. The molecule has 0 aliphatic carbocycles. The number of carboxylic acid groups (broad SMARTS) is 1. The van der Waals surface area contributed by atoms with Crippen molar-refractivity contribution in [2.45, 2.75) is 33.0 Å². The lowest BCUT2D eigenvalue weighted by Crippen LogP contribution is -2.71. The SMILES string of the molecule is CCNC(=O)NC1(C2CNCCC2(C)C(=O)O)N=CC=CN1c1cc(-c2ncc(C)cn2)c2scnc2c1. The zero-order chi connectivity index (χ0) is 26.9. The minimum atomic E-state index is -1.44. The third-order valence-corrected chi connectivity index (χ3v) is 8.10. The molecule has 1 fully saturated rings. The molecule has 1 saturated heterocycles. The number of hydrogen-bond donors (Lipinski definition) is 4. The smallest absolute Gasteiger partial charge is 0.318 e. The van der Waals surface area contributed by atoms with Crippen LogP contribution in [0.5, 0.6) is 0 Å². The van der Waals surface area contributed by atoms with Gasteiger partial charge in [-0.05, 0) is 57.5 Å². The van der Waals surface area contributed by atoms with Gasteiger partial charge in [0.15, 0.2) is 5.82 Å². The van der Waals surface area contributed by atoms with Crippen LogP contribution in [0.4, 0.5) is 10.5 Å². The summed E-state index contributed by atoms with van der Waals surface area (Å²) >= 11 is 1.49. The molecule has 4 N–H and O–H groups in total. The fourth-order valence-corrected chi connectivity index (χ4v) is 5.96. The Morgan fingerprint density at radius 2 is 2.05 bits per heavy atom. The molecule has 3 atom stereocenters. The summed E-state index contributed by atoms with van der Waals surface area (Å²) in [6, 6.07) is 3.41. The van der Waals surface area contributed by atoms with Gasteiger partial charge in [0, 0.05) is 49.1 Å². The van der Waals surface area contributed by atoms with E-state index in [1.54, 1.807) is 37.1 Å². The van der Waals surface area contributed by atoms with E-state index in [9.17, 15) is 14.7 Å². The van der Waals surface area contributed by atoms with Gasteiger partial charge in [-0.25, -0.2) is 24.7 Å². The number of carbonyl (C=O) groups excluding carboxylic acids is 1. The lowest BCUT2D eigenvalue weighted by molar-refractivity contribution is -0.155. The predicted molar refractivity (Wildman–Crippen MR) is 147 cm³/mol. The second-order valence-electron chi connectivity index (χ2n) is 9.71. The molecule has 3 unspecified atom stereocenters. The quantitative estimate of drug-likeness (QED) is 0.378. The monoisotopic (exact) mass is 534 g/mol. The van der Waals surface area contributed by atoms with E-state index in [0.29, 0.717) is 37.6 Å². The molecule has 0 bridgehead atoms. The Bertz CT molecular complexity index is 1420. The largest absolute Gasteiger partial charge is 0.481 e. The number of thiazole rings is 1. The van der Waals surface area contributed by atoms with Gasteiger partial charge < -0.3 is 20.6 Å². The molecular formula is C26H30N8O3S. The number of hydrogen-bond acceptors (Lipinski definition) is 9. The zero-order valence-electron chi connectivity index (χ0n) is 21.4. The second-order valence-corrected chi connectivity index (χ2v) is 10.6. The van der Waals surface area contributed by atoms with Crippen LogP contribution in [0.1, 0.15) is 25.8 Å². The first kappa shape index (κ1) is 25.7. The molecule has 38 heavy (non-hydrogen) atoms. The number of aryl methyl sites for hydroxylation is 1. The Labute approximate surface area is 224 Å². The molecule has 2 aliphatic rings. The summed E-state index contributed by atoms with van der Waals surface area (Å²) in [4.78, 5) is 46.0. The maximum atomic E-state index is 13.1. The first-order valence-electron chi connectivity index (χ1n) is 12.5. The summed E-state index contributed by atoms with van der Waals surface area (Å²) in [5, 5.41) is 19.5. The summed E-state index contributed by atoms with van der Waals surface area (Å²) in [6.45, 7) is 6.77. The van der Waals surface area contributed by atoms with E-state index in [4.69, 9.17) is 4.99 Å². The molecule has 12 heteroatoms. The Morgan fingerprint density at radius 1 is 1.26 bits per heavy atom. The van der Waals surface area contributed by atoms with E-state index in [0.717, 1.165) is 21.3 Å². The van der Waals surface area contributed by atoms with Crippen LogP contribution in [0, 0.1) is 18.3 Å². The fourth-order valence-electron chi connectivity index (χ4n) is 5.18. The van der Waals surface area contributed by atoms with E-state index < -0.39 is 29.1 Å². The molecule has 0 spiro atoms. The van der Waals surface area contributed by atoms with Crippen LogP contribution in [0.25, 0.3) is 21.6 Å². The zero-order valence-corrected chi connectivity index (χ0v) is 22.2. The third kappa shape index (κ3) is 4.39. The van der Waals surface area contributed by atoms with Crippen molar-refractivity contribution in [3.8, 4) is 11.4 Å². The van der Waals surface area contributed by atoms with E-state index in [2.05, 4.69) is 30.9 Å². The molecule has 198 valence electrons. The van der Waals surface area contributed by atoms with Gasteiger partial charge in [-0.3, -0.25) is 10.1 Å². The Kier molecular flexibility index (Phi) is 6.84. The van der Waals surface area contributed by atoms with Crippen molar-refractivity contribution >= 4 is 45.5 Å². The number of aromatic nitrogens is 3. The average molecular weight is 535 g/mol. The molecule has 0 radical (unpaired) electrons. The van der Waals surface area contributed by atoms with Crippen molar-refractivity contribution in [2.24, 2.45) is 16.3 Å². The van der Waals surface area contributed by atoms with Crippen molar-refractivity contribution in [3.63, 3.8) is 0 Å². The van der Waals surface area contributed by atoms with E-state index >= 15 is 0 Å². The maximum absolute atomic E-state index is 13.1. The van der Waals surface area contributed by atoms with E-state index in [1.165, 1.54) is 11.3 Å². The number of nitrogens with one attached hydrogen (secondary N) is 3. The van der Waals surface area contributed by atoms with E-state index in [1.807, 2.05) is 37.1 Å². The molecule has 2 aromatic heterocycles. The number of urea groups is 1. The first-order chi connectivity index (χ1) is 18.3. The lowest BCUT2D eigenvalue weighted by Gasteiger charge is -2.52. The number of carboxylic acids is 1. The summed E-state index contributed by atoms with van der Waals surface area (Å²) in [5.41, 5.74) is 3.75. The molecule has 0 saturated carbocycles. The Hall–Kier alpha value is -3.90. The molecule has 2 amide bonds. The van der Waals surface area contributed by atoms with Crippen LogP contribution in [0.3, 0.4) is 0 Å². The lowest BCUT2D eigenvalue weighted by atomic mass is 9.68. The van der Waals surface area contributed by atoms with Gasteiger partial charge in [0.25, 0.3) is 0 Å². The van der Waals surface area contributed by atoms with Gasteiger partial charge in [-0.2, -0.15) is 0 Å². The molecule has 4 heterocycles. The number of carbonyl (C=O) groups is 2. The first-order valence-corrected chi connectivity index (χ1v) is 13.3. The van der Waals surface area contributed by atoms with Crippen LogP contribution >= 0.6 is 11.3 Å². The molecule has 5 rings (SSSR count). The van der Waals surface area contributed by atoms with Crippen LogP contribution in [-0.2, 0) is 4.79 Å². The maximum Gasteiger partial charge on any atom is 0.318 e. The van der Waals surface area contributed by atoms with Crippen LogP contribution in [0.2, 0.25) is 0 Å². The van der Waals surface area contributed by atoms with Gasteiger partial charge in [0.05, 0.1) is 27.1 Å². The van der Waals surface area contributed by atoms with Crippen molar-refractivity contribution in [2.75, 3.05) is 24.5 Å². The number of anilines is 1. The molecule has 11 nitrogen and oxygen atoms in total. The van der Waals surface area contributed by atoms with Gasteiger partial charge in [-0.1, -0.05) is 0 Å². The topological polar surface area (TPSA) is 145 Å². The minimum Gasteiger partial charge on any atom is -0.481 e. The van der Waals surface area contributed by atoms with Crippen molar-refractivity contribution < 1.29 is 14.7 Å². The summed E-state index contributed by atoms with van der Waals surface area (Å²) in [6.07, 6.45) is 9.08. The van der Waals surface area contributed by atoms with Gasteiger partial charge in [-0.15, -0.1) is 11.3 Å². The van der Waals surface area contributed by atoms with Crippen LogP contribution < -0.4 is 20.9 Å². The highest BCUT2D eigenvalue weighted by atomic mass is 32.1. The average Bonchev–Trinajstić information content (AvgIpc) is 3.38. The minimum absolute atomic E-state index is 0.337. The molecule has 3 aromatic rings. The number of aliphatic imine (C=N–C) groups is 1. The molecule has 1 aromatic carbocycles. The highest BCUT2D eigenvalue weighted by Gasteiger charge is 2.57. The molecule has 2 aliphatic heterocycles. The van der Waals surface area contributed by atoms with Gasteiger partial charge >= 0.3 is 12.0 Å². The van der Waals surface area contributed by atoms with Gasteiger partial charge in [0.2, 0.25) is 5.79 Å². The number of aliphatic carboxylic acids is 1. The number of rotatable bonds is 6. The number of benzene rings is 1. The van der Waals surface area contributed by atoms with E-state index in [-0.39, 0.29) is 0 Å². The predicted octanol–water partition coefficient (Wildman–Crippen LogP) is 3.14. The molecular weight excluding hydrogens is 504 g/mol. The van der Waals surface area contributed by atoms with Crippen molar-refractivity contribution in [1.29, 1.82) is 0 Å². The summed E-state index contributed by atoms with van der Waals surface area (Å²) < 4.78 is 0.930.